The van der Waals surface area contributed by atoms with Gasteiger partial charge in [0, 0.05) is 55.9 Å². The Kier molecular flexibility index (Phi) is 6.35. The van der Waals surface area contributed by atoms with Crippen molar-refractivity contribution in [3.05, 3.63) is 41.8 Å². The molecule has 0 amide bonds. The minimum absolute atomic E-state index is 0.463. The van der Waals surface area contributed by atoms with Crippen molar-refractivity contribution in [2.45, 2.75) is 12.8 Å². The van der Waals surface area contributed by atoms with Crippen LogP contribution in [0.25, 0.3) is 11.1 Å². The molecule has 2 aromatic heterocycles. The highest BCUT2D eigenvalue weighted by molar-refractivity contribution is 6.32. The molecule has 3 heterocycles. The van der Waals surface area contributed by atoms with Crippen LogP contribution in [0.15, 0.2) is 36.8 Å². The molecule has 8 nitrogen and oxygen atoms in total. The number of halogens is 1. The van der Waals surface area contributed by atoms with Crippen molar-refractivity contribution < 1.29 is 9.47 Å². The van der Waals surface area contributed by atoms with Crippen LogP contribution >= 0.6 is 11.6 Å². The fraction of sp³-hybridized carbons (Fsp3) is 0.381. The number of methoxy groups -OCH3 is 1. The van der Waals surface area contributed by atoms with Crippen LogP contribution in [0.1, 0.15) is 12.8 Å². The van der Waals surface area contributed by atoms with Gasteiger partial charge in [0.05, 0.1) is 19.5 Å². The van der Waals surface area contributed by atoms with Crippen LogP contribution in [-0.2, 0) is 11.8 Å². The summed E-state index contributed by atoms with van der Waals surface area (Å²) in [4.78, 5) is 8.84. The zero-order valence-corrected chi connectivity index (χ0v) is 17.8. The number of rotatable bonds is 7. The lowest BCUT2D eigenvalue weighted by atomic mass is 10.0. The Hall–Kier alpha value is -2.84. The van der Waals surface area contributed by atoms with Gasteiger partial charge in [-0.2, -0.15) is 10.1 Å². The SMILES string of the molecule is COc1cc(Nc2ncc(Cl)c(NCC3CCOCC3)n2)ccc1-c1cnn(C)c1. The van der Waals surface area contributed by atoms with E-state index >= 15 is 0 Å². The lowest BCUT2D eigenvalue weighted by Crippen LogP contribution is -2.23. The molecule has 30 heavy (non-hydrogen) atoms. The van der Waals surface area contributed by atoms with Gasteiger partial charge in [-0.25, -0.2) is 4.98 Å². The van der Waals surface area contributed by atoms with E-state index in [2.05, 4.69) is 25.7 Å². The van der Waals surface area contributed by atoms with E-state index in [4.69, 9.17) is 21.1 Å². The summed E-state index contributed by atoms with van der Waals surface area (Å²) in [6.45, 7) is 2.44. The van der Waals surface area contributed by atoms with Crippen molar-refractivity contribution in [1.82, 2.24) is 19.7 Å². The van der Waals surface area contributed by atoms with Crippen molar-refractivity contribution in [1.29, 1.82) is 0 Å². The van der Waals surface area contributed by atoms with Crippen molar-refractivity contribution >= 4 is 29.1 Å². The van der Waals surface area contributed by atoms with Crippen LogP contribution < -0.4 is 15.4 Å². The number of nitrogens with one attached hydrogen (secondary N) is 2. The Balaban J connectivity index is 1.48. The maximum atomic E-state index is 6.29. The second-order valence-electron chi connectivity index (χ2n) is 7.27. The van der Waals surface area contributed by atoms with Gasteiger partial charge in [-0.05, 0) is 30.9 Å². The van der Waals surface area contributed by atoms with Crippen LogP contribution in [0, 0.1) is 5.92 Å². The minimum atomic E-state index is 0.463. The summed E-state index contributed by atoms with van der Waals surface area (Å²) >= 11 is 6.29. The van der Waals surface area contributed by atoms with Gasteiger partial charge in [0.2, 0.25) is 5.95 Å². The first-order valence-corrected chi connectivity index (χ1v) is 10.3. The molecule has 0 spiro atoms. The molecule has 9 heteroatoms. The van der Waals surface area contributed by atoms with Gasteiger partial charge in [0.25, 0.3) is 0 Å². The standard InChI is InChI=1S/C21H25ClN6O2/c1-28-13-15(11-25-28)17-4-3-16(9-19(17)29-2)26-21-24-12-18(22)20(27-21)23-10-14-5-7-30-8-6-14/h3-4,9,11-14H,5-8,10H2,1-2H3,(H2,23,24,26,27). The second-order valence-corrected chi connectivity index (χ2v) is 7.68. The van der Waals surface area contributed by atoms with Crippen molar-refractivity contribution in [3.8, 4) is 16.9 Å². The first kappa shape index (κ1) is 20.4. The fourth-order valence-corrected chi connectivity index (χ4v) is 3.60. The average molecular weight is 429 g/mol. The minimum Gasteiger partial charge on any atom is -0.496 e. The highest BCUT2D eigenvalue weighted by atomic mass is 35.5. The molecule has 3 aromatic rings. The molecule has 0 unspecified atom stereocenters. The van der Waals surface area contributed by atoms with Gasteiger partial charge < -0.3 is 20.1 Å². The lowest BCUT2D eigenvalue weighted by Gasteiger charge is -2.22. The summed E-state index contributed by atoms with van der Waals surface area (Å²) in [5.41, 5.74) is 2.77. The van der Waals surface area contributed by atoms with E-state index in [0.29, 0.717) is 22.7 Å². The topological polar surface area (TPSA) is 86.1 Å². The van der Waals surface area contributed by atoms with Crippen molar-refractivity contribution in [2.75, 3.05) is 37.5 Å². The third-order valence-electron chi connectivity index (χ3n) is 5.12. The van der Waals surface area contributed by atoms with E-state index in [0.717, 1.165) is 55.2 Å². The summed E-state index contributed by atoms with van der Waals surface area (Å²) in [5.74, 6) is 2.38. The second kappa shape index (κ2) is 9.32. The monoisotopic (exact) mass is 428 g/mol. The maximum Gasteiger partial charge on any atom is 0.229 e. The molecule has 2 N–H and O–H groups in total. The molecule has 0 saturated carbocycles. The van der Waals surface area contributed by atoms with Crippen molar-refractivity contribution in [3.63, 3.8) is 0 Å². The third kappa shape index (κ3) is 4.83. The van der Waals surface area contributed by atoms with Crippen LogP contribution in [0.4, 0.5) is 17.5 Å². The number of aromatic nitrogens is 4. The summed E-state index contributed by atoms with van der Waals surface area (Å²) in [5, 5.41) is 11.3. The molecule has 4 rings (SSSR count). The van der Waals surface area contributed by atoms with Crippen LogP contribution in [0.5, 0.6) is 5.75 Å². The number of aryl methyl sites for hydroxylation is 1. The van der Waals surface area contributed by atoms with E-state index in [-0.39, 0.29) is 0 Å². The zero-order chi connectivity index (χ0) is 20.9. The zero-order valence-electron chi connectivity index (χ0n) is 17.1. The first-order chi connectivity index (χ1) is 14.6. The summed E-state index contributed by atoms with van der Waals surface area (Å²) in [7, 11) is 3.54. The van der Waals surface area contributed by atoms with Crippen molar-refractivity contribution in [2.24, 2.45) is 13.0 Å². The molecule has 0 radical (unpaired) electrons. The van der Waals surface area contributed by atoms with Crippen LogP contribution in [-0.4, -0.2) is 46.6 Å². The summed E-state index contributed by atoms with van der Waals surface area (Å²) < 4.78 is 12.7. The summed E-state index contributed by atoms with van der Waals surface area (Å²) in [6.07, 6.45) is 7.45. The molecule has 158 valence electrons. The predicted molar refractivity (Wildman–Crippen MR) is 118 cm³/mol. The number of hydrogen-bond donors (Lipinski definition) is 2. The molecular weight excluding hydrogens is 404 g/mol. The smallest absolute Gasteiger partial charge is 0.229 e. The number of benzene rings is 1. The highest BCUT2D eigenvalue weighted by Gasteiger charge is 2.15. The Bertz CT molecular complexity index is 1000. The van der Waals surface area contributed by atoms with E-state index in [1.54, 1.807) is 18.0 Å². The summed E-state index contributed by atoms with van der Waals surface area (Å²) in [6, 6.07) is 5.85. The largest absolute Gasteiger partial charge is 0.496 e. The Morgan fingerprint density at radius 1 is 1.27 bits per heavy atom. The maximum absolute atomic E-state index is 6.29. The third-order valence-corrected chi connectivity index (χ3v) is 5.39. The van der Waals surface area contributed by atoms with Gasteiger partial charge in [0.15, 0.2) is 5.82 Å². The Morgan fingerprint density at radius 3 is 2.83 bits per heavy atom. The Morgan fingerprint density at radius 2 is 2.10 bits per heavy atom. The van der Waals surface area contributed by atoms with E-state index in [1.165, 1.54) is 0 Å². The predicted octanol–water partition coefficient (Wildman–Crippen LogP) is 4.12. The molecule has 0 atom stereocenters. The average Bonchev–Trinajstić information content (AvgIpc) is 3.20. The fourth-order valence-electron chi connectivity index (χ4n) is 3.44. The molecular formula is C21H25ClN6O2. The number of ether oxygens (including phenoxy) is 2. The molecule has 1 aromatic carbocycles. The molecule has 0 bridgehead atoms. The Labute approximate surface area is 180 Å². The number of hydrogen-bond acceptors (Lipinski definition) is 7. The highest BCUT2D eigenvalue weighted by Crippen LogP contribution is 2.33. The van der Waals surface area contributed by atoms with Gasteiger partial charge in [-0.15, -0.1) is 0 Å². The molecule has 1 saturated heterocycles. The lowest BCUT2D eigenvalue weighted by molar-refractivity contribution is 0.0699. The normalized spacial score (nSPS) is 14.5. The van der Waals surface area contributed by atoms with E-state index in [1.807, 2.05) is 37.6 Å². The quantitative estimate of drug-likeness (QED) is 0.585. The van der Waals surface area contributed by atoms with Crippen LogP contribution in [0.3, 0.4) is 0 Å². The van der Waals surface area contributed by atoms with Gasteiger partial charge in [0.1, 0.15) is 10.8 Å². The molecule has 1 aliphatic rings. The number of nitrogens with zero attached hydrogens (tertiary/aromatic N) is 4. The number of anilines is 3. The molecule has 1 aliphatic heterocycles. The van der Waals surface area contributed by atoms with E-state index < -0.39 is 0 Å². The molecule has 0 aliphatic carbocycles. The molecule has 1 fully saturated rings. The van der Waals surface area contributed by atoms with E-state index in [9.17, 15) is 0 Å². The van der Waals surface area contributed by atoms with Gasteiger partial charge in [-0.3, -0.25) is 4.68 Å². The first-order valence-electron chi connectivity index (χ1n) is 9.90. The van der Waals surface area contributed by atoms with Gasteiger partial charge >= 0.3 is 0 Å². The van der Waals surface area contributed by atoms with Gasteiger partial charge in [-0.1, -0.05) is 11.6 Å². The van der Waals surface area contributed by atoms with Crippen LogP contribution in [0.2, 0.25) is 5.02 Å².